The SMILES string of the molecule is Cc1cc(Br)cc(C(NN)C2CCCC(S(C)(=O)=O)C2)c1. The Morgan fingerprint density at radius 2 is 2.05 bits per heavy atom. The zero-order valence-electron chi connectivity index (χ0n) is 12.5. The third kappa shape index (κ3) is 4.28. The average molecular weight is 375 g/mol. The van der Waals surface area contributed by atoms with E-state index in [4.69, 9.17) is 5.84 Å². The van der Waals surface area contributed by atoms with Gasteiger partial charge in [0, 0.05) is 16.8 Å². The topological polar surface area (TPSA) is 72.2 Å². The maximum absolute atomic E-state index is 11.8. The smallest absolute Gasteiger partial charge is 0.150 e. The second kappa shape index (κ2) is 6.77. The molecule has 1 aromatic rings. The van der Waals surface area contributed by atoms with Crippen LogP contribution < -0.4 is 11.3 Å². The fourth-order valence-electron chi connectivity index (χ4n) is 3.32. The molecule has 2 rings (SSSR count). The molecule has 21 heavy (non-hydrogen) atoms. The third-order valence-corrected chi connectivity index (χ3v) is 6.44. The molecule has 0 saturated heterocycles. The van der Waals surface area contributed by atoms with Gasteiger partial charge >= 0.3 is 0 Å². The van der Waals surface area contributed by atoms with E-state index in [0.717, 1.165) is 34.9 Å². The Hall–Kier alpha value is -0.430. The molecule has 0 heterocycles. The summed E-state index contributed by atoms with van der Waals surface area (Å²) < 4.78 is 24.7. The lowest BCUT2D eigenvalue weighted by Gasteiger charge is -2.34. The monoisotopic (exact) mass is 374 g/mol. The molecule has 1 fully saturated rings. The highest BCUT2D eigenvalue weighted by Crippen LogP contribution is 2.37. The minimum atomic E-state index is -2.98. The van der Waals surface area contributed by atoms with Gasteiger partial charge in [0.05, 0.1) is 5.25 Å². The highest BCUT2D eigenvalue weighted by Gasteiger charge is 2.33. The van der Waals surface area contributed by atoms with Crippen LogP contribution in [0.4, 0.5) is 0 Å². The van der Waals surface area contributed by atoms with Crippen molar-refractivity contribution in [2.75, 3.05) is 6.26 Å². The van der Waals surface area contributed by atoms with Crippen LogP contribution in [0, 0.1) is 12.8 Å². The van der Waals surface area contributed by atoms with Crippen LogP contribution in [0.1, 0.15) is 42.9 Å². The number of nitrogens with two attached hydrogens (primary N) is 1. The van der Waals surface area contributed by atoms with Crippen LogP contribution in [0.25, 0.3) is 0 Å². The maximum Gasteiger partial charge on any atom is 0.150 e. The first-order valence-electron chi connectivity index (χ1n) is 7.23. The molecule has 1 aromatic carbocycles. The largest absolute Gasteiger partial charge is 0.271 e. The minimum absolute atomic E-state index is 0.00856. The van der Waals surface area contributed by atoms with E-state index >= 15 is 0 Å². The zero-order chi connectivity index (χ0) is 15.6. The summed E-state index contributed by atoms with van der Waals surface area (Å²) in [6.07, 6.45) is 4.73. The van der Waals surface area contributed by atoms with Crippen LogP contribution in [0.5, 0.6) is 0 Å². The molecule has 3 N–H and O–H groups in total. The van der Waals surface area contributed by atoms with E-state index in [1.807, 2.05) is 6.92 Å². The van der Waals surface area contributed by atoms with Gasteiger partial charge in [-0.25, -0.2) is 8.42 Å². The maximum atomic E-state index is 11.8. The van der Waals surface area contributed by atoms with Gasteiger partial charge < -0.3 is 0 Å². The van der Waals surface area contributed by atoms with Crippen molar-refractivity contribution in [3.05, 3.63) is 33.8 Å². The molecule has 0 aromatic heterocycles. The van der Waals surface area contributed by atoms with E-state index in [1.54, 1.807) is 0 Å². The summed E-state index contributed by atoms with van der Waals surface area (Å²) >= 11 is 3.51. The summed E-state index contributed by atoms with van der Waals surface area (Å²) in [4.78, 5) is 0. The Labute approximate surface area is 135 Å². The number of hydrogen-bond donors (Lipinski definition) is 2. The Balaban J connectivity index is 2.24. The van der Waals surface area contributed by atoms with Gasteiger partial charge in [-0.15, -0.1) is 0 Å². The summed E-state index contributed by atoms with van der Waals surface area (Å²) in [6, 6.07) is 6.21. The first-order valence-corrected chi connectivity index (χ1v) is 9.98. The molecule has 4 nitrogen and oxygen atoms in total. The molecule has 0 radical (unpaired) electrons. The van der Waals surface area contributed by atoms with E-state index in [-0.39, 0.29) is 17.2 Å². The van der Waals surface area contributed by atoms with E-state index in [2.05, 4.69) is 39.6 Å². The highest BCUT2D eigenvalue weighted by atomic mass is 79.9. The first kappa shape index (κ1) is 16.9. The van der Waals surface area contributed by atoms with Crippen molar-refractivity contribution in [2.45, 2.75) is 43.9 Å². The average Bonchev–Trinajstić information content (AvgIpc) is 2.38. The molecule has 6 heteroatoms. The predicted octanol–water partition coefficient (Wildman–Crippen LogP) is 2.87. The second-order valence-corrected chi connectivity index (χ2v) is 9.33. The van der Waals surface area contributed by atoms with Crippen molar-refractivity contribution in [1.29, 1.82) is 0 Å². The number of hydrogen-bond acceptors (Lipinski definition) is 4. The Morgan fingerprint density at radius 3 is 2.62 bits per heavy atom. The lowest BCUT2D eigenvalue weighted by atomic mass is 9.81. The van der Waals surface area contributed by atoms with Crippen molar-refractivity contribution in [1.82, 2.24) is 5.43 Å². The third-order valence-electron chi connectivity index (χ3n) is 4.35. The van der Waals surface area contributed by atoms with Gasteiger partial charge in [-0.2, -0.15) is 0 Å². The number of sulfone groups is 1. The fraction of sp³-hybridized carbons (Fsp3) is 0.600. The normalized spacial score (nSPS) is 24.8. The van der Waals surface area contributed by atoms with Gasteiger partial charge in [0.2, 0.25) is 0 Å². The van der Waals surface area contributed by atoms with Gasteiger partial charge in [-0.3, -0.25) is 11.3 Å². The minimum Gasteiger partial charge on any atom is -0.271 e. The van der Waals surface area contributed by atoms with Gasteiger partial charge in [0.15, 0.2) is 0 Å². The van der Waals surface area contributed by atoms with E-state index in [9.17, 15) is 8.42 Å². The van der Waals surface area contributed by atoms with Gasteiger partial charge in [-0.05, 0) is 55.4 Å². The predicted molar refractivity (Wildman–Crippen MR) is 89.5 cm³/mol. The van der Waals surface area contributed by atoms with Crippen molar-refractivity contribution < 1.29 is 8.42 Å². The summed E-state index contributed by atoms with van der Waals surface area (Å²) in [7, 11) is -2.98. The van der Waals surface area contributed by atoms with E-state index < -0.39 is 9.84 Å². The lowest BCUT2D eigenvalue weighted by Crippen LogP contribution is -2.38. The molecule has 0 amide bonds. The molecule has 0 spiro atoms. The van der Waals surface area contributed by atoms with Crippen LogP contribution in [0.15, 0.2) is 22.7 Å². The van der Waals surface area contributed by atoms with Crippen molar-refractivity contribution >= 4 is 25.8 Å². The standard InChI is InChI=1S/C15H23BrN2O2S/c1-10-6-12(8-13(16)7-10)15(18-17)11-4-3-5-14(9-11)21(2,19)20/h6-8,11,14-15,18H,3-5,9,17H2,1-2H3. The van der Waals surface area contributed by atoms with Gasteiger partial charge in [0.1, 0.15) is 9.84 Å². The van der Waals surface area contributed by atoms with Crippen LogP contribution in [-0.2, 0) is 9.84 Å². The number of aryl methyl sites for hydroxylation is 1. The Bertz CT molecular complexity index is 583. The zero-order valence-corrected chi connectivity index (χ0v) is 14.9. The highest BCUT2D eigenvalue weighted by molar-refractivity contribution is 9.10. The quantitative estimate of drug-likeness (QED) is 0.627. The van der Waals surface area contributed by atoms with Crippen LogP contribution >= 0.6 is 15.9 Å². The Kier molecular flexibility index (Phi) is 5.46. The molecule has 3 atom stereocenters. The fourth-order valence-corrected chi connectivity index (χ4v) is 5.14. The van der Waals surface area contributed by atoms with Crippen molar-refractivity contribution in [3.63, 3.8) is 0 Å². The van der Waals surface area contributed by atoms with Gasteiger partial charge in [0.25, 0.3) is 0 Å². The van der Waals surface area contributed by atoms with E-state index in [0.29, 0.717) is 6.42 Å². The number of nitrogens with one attached hydrogen (secondary N) is 1. The van der Waals surface area contributed by atoms with Crippen molar-refractivity contribution in [3.8, 4) is 0 Å². The summed E-state index contributed by atoms with van der Waals surface area (Å²) in [6.45, 7) is 2.04. The molecule has 3 unspecified atom stereocenters. The Morgan fingerprint density at radius 1 is 1.33 bits per heavy atom. The number of benzene rings is 1. The number of rotatable bonds is 4. The molecule has 1 aliphatic rings. The molecular weight excluding hydrogens is 352 g/mol. The summed E-state index contributed by atoms with van der Waals surface area (Å²) in [5, 5.41) is -0.236. The molecule has 1 aliphatic carbocycles. The molecule has 1 saturated carbocycles. The molecule has 118 valence electrons. The number of hydrazine groups is 1. The summed E-state index contributed by atoms with van der Waals surface area (Å²) in [5.41, 5.74) is 5.18. The first-order chi connectivity index (χ1) is 9.81. The van der Waals surface area contributed by atoms with E-state index in [1.165, 1.54) is 6.26 Å². The number of halogens is 1. The molecule has 0 aliphatic heterocycles. The lowest BCUT2D eigenvalue weighted by molar-refractivity contribution is 0.274. The summed E-state index contributed by atoms with van der Waals surface area (Å²) in [5.74, 6) is 6.02. The van der Waals surface area contributed by atoms with Gasteiger partial charge in [-0.1, -0.05) is 28.4 Å². The second-order valence-electron chi connectivity index (χ2n) is 6.08. The van der Waals surface area contributed by atoms with Crippen LogP contribution in [0.2, 0.25) is 0 Å². The molecule has 0 bridgehead atoms. The van der Waals surface area contributed by atoms with Crippen LogP contribution in [0.3, 0.4) is 0 Å². The molecular formula is C15H23BrN2O2S. The van der Waals surface area contributed by atoms with Crippen molar-refractivity contribution in [2.24, 2.45) is 11.8 Å². The van der Waals surface area contributed by atoms with Crippen LogP contribution in [-0.4, -0.2) is 19.9 Å².